The maximum atomic E-state index is 12.9. The Morgan fingerprint density at radius 3 is 2.92 bits per heavy atom. The Morgan fingerprint density at radius 2 is 2.23 bits per heavy atom. The summed E-state index contributed by atoms with van der Waals surface area (Å²) in [5.74, 6) is -0.115. The van der Waals surface area contributed by atoms with Gasteiger partial charge in [-0.15, -0.1) is 6.58 Å². The molecule has 26 heavy (non-hydrogen) atoms. The number of thioether (sulfide) groups is 1. The summed E-state index contributed by atoms with van der Waals surface area (Å²) in [6.07, 6.45) is 4.62. The largest absolute Gasteiger partial charge is 0.352 e. The van der Waals surface area contributed by atoms with Crippen molar-refractivity contribution in [3.8, 4) is 0 Å². The van der Waals surface area contributed by atoms with Crippen LogP contribution in [0.25, 0.3) is 10.9 Å². The lowest BCUT2D eigenvalue weighted by Gasteiger charge is -2.16. The number of halogens is 1. The molecule has 1 aromatic carbocycles. The average Bonchev–Trinajstić information content (AvgIpc) is 2.61. The Morgan fingerprint density at radius 1 is 1.46 bits per heavy atom. The second kappa shape index (κ2) is 9.78. The number of nitrogens with zero attached hydrogens (tertiary/aromatic N) is 2. The summed E-state index contributed by atoms with van der Waals surface area (Å²) in [4.78, 5) is 29.7. The van der Waals surface area contributed by atoms with E-state index in [-0.39, 0.29) is 16.7 Å². The van der Waals surface area contributed by atoms with E-state index in [4.69, 9.17) is 11.6 Å². The monoisotopic (exact) mass is 393 g/mol. The SMILES string of the molecule is C=CCNC(=O)[C@@H](C)Sc1nc2cc(Cl)ccc2c(=O)n1CCCCC. The van der Waals surface area contributed by atoms with Crippen LogP contribution in [0.4, 0.5) is 0 Å². The highest BCUT2D eigenvalue weighted by Gasteiger charge is 2.19. The predicted octanol–water partition coefficient (Wildman–Crippen LogP) is 4.02. The summed E-state index contributed by atoms with van der Waals surface area (Å²) in [5.41, 5.74) is 0.458. The highest BCUT2D eigenvalue weighted by molar-refractivity contribution is 8.00. The van der Waals surface area contributed by atoms with Gasteiger partial charge < -0.3 is 5.32 Å². The van der Waals surface area contributed by atoms with E-state index in [9.17, 15) is 9.59 Å². The van der Waals surface area contributed by atoms with Crippen LogP contribution >= 0.6 is 23.4 Å². The summed E-state index contributed by atoms with van der Waals surface area (Å²) in [6, 6.07) is 5.08. The number of carbonyl (C=O) groups excluding carboxylic acids is 1. The first-order valence-corrected chi connectivity index (χ1v) is 9.99. The third-order valence-corrected chi connectivity index (χ3v) is 5.26. The number of amides is 1. The highest BCUT2D eigenvalue weighted by Crippen LogP contribution is 2.24. The first-order chi connectivity index (χ1) is 12.5. The van der Waals surface area contributed by atoms with Gasteiger partial charge in [0.05, 0.1) is 16.2 Å². The van der Waals surface area contributed by atoms with Crippen LogP contribution in [0.3, 0.4) is 0 Å². The van der Waals surface area contributed by atoms with Crippen LogP contribution in [0.2, 0.25) is 5.02 Å². The molecule has 0 aliphatic carbocycles. The van der Waals surface area contributed by atoms with E-state index in [1.807, 2.05) is 0 Å². The van der Waals surface area contributed by atoms with Crippen LogP contribution in [0.1, 0.15) is 33.1 Å². The Hall–Kier alpha value is -1.79. The number of fused-ring (bicyclic) bond motifs is 1. The molecule has 0 radical (unpaired) electrons. The van der Waals surface area contributed by atoms with Gasteiger partial charge in [-0.05, 0) is 31.5 Å². The molecule has 2 aromatic rings. The van der Waals surface area contributed by atoms with E-state index >= 15 is 0 Å². The van der Waals surface area contributed by atoms with Crippen molar-refractivity contribution >= 4 is 40.2 Å². The van der Waals surface area contributed by atoms with Gasteiger partial charge in [-0.2, -0.15) is 0 Å². The molecule has 0 aliphatic rings. The Balaban J connectivity index is 2.40. The summed E-state index contributed by atoms with van der Waals surface area (Å²) < 4.78 is 1.67. The summed E-state index contributed by atoms with van der Waals surface area (Å²) >= 11 is 7.33. The maximum Gasteiger partial charge on any atom is 0.262 e. The number of hydrogen-bond donors (Lipinski definition) is 1. The van der Waals surface area contributed by atoms with Crippen molar-refractivity contribution in [2.75, 3.05) is 6.54 Å². The topological polar surface area (TPSA) is 64.0 Å². The van der Waals surface area contributed by atoms with Gasteiger partial charge in [-0.1, -0.05) is 49.2 Å². The van der Waals surface area contributed by atoms with Crippen LogP contribution in [-0.2, 0) is 11.3 Å². The van der Waals surface area contributed by atoms with Gasteiger partial charge >= 0.3 is 0 Å². The Bertz CT molecular complexity index is 851. The lowest BCUT2D eigenvalue weighted by Crippen LogP contribution is -2.32. The highest BCUT2D eigenvalue weighted by atomic mass is 35.5. The quantitative estimate of drug-likeness (QED) is 0.302. The molecule has 1 atom stereocenters. The minimum Gasteiger partial charge on any atom is -0.352 e. The molecule has 140 valence electrons. The fourth-order valence-corrected chi connectivity index (χ4v) is 3.63. The predicted molar refractivity (Wildman–Crippen MR) is 109 cm³/mol. The van der Waals surface area contributed by atoms with Gasteiger partial charge in [0.2, 0.25) is 5.91 Å². The van der Waals surface area contributed by atoms with Crippen LogP contribution in [-0.4, -0.2) is 27.3 Å². The smallest absolute Gasteiger partial charge is 0.262 e. The third-order valence-electron chi connectivity index (χ3n) is 3.94. The van der Waals surface area contributed by atoms with Gasteiger partial charge in [0.15, 0.2) is 5.16 Å². The molecule has 2 rings (SSSR count). The minimum atomic E-state index is -0.379. The minimum absolute atomic E-state index is 0.0935. The van der Waals surface area contributed by atoms with E-state index in [0.29, 0.717) is 34.2 Å². The number of unbranched alkanes of at least 4 members (excludes halogenated alkanes) is 2. The van der Waals surface area contributed by atoms with E-state index < -0.39 is 0 Å². The molecule has 1 heterocycles. The molecule has 0 unspecified atom stereocenters. The van der Waals surface area contributed by atoms with Crippen LogP contribution in [0, 0.1) is 0 Å². The van der Waals surface area contributed by atoms with Crippen LogP contribution in [0.15, 0.2) is 40.8 Å². The van der Waals surface area contributed by atoms with Gasteiger partial charge in [0.1, 0.15) is 0 Å². The van der Waals surface area contributed by atoms with Crippen molar-refractivity contribution in [1.29, 1.82) is 0 Å². The van der Waals surface area contributed by atoms with Crippen molar-refractivity contribution in [1.82, 2.24) is 14.9 Å². The zero-order valence-corrected chi connectivity index (χ0v) is 16.7. The van der Waals surface area contributed by atoms with Crippen LogP contribution < -0.4 is 10.9 Å². The molecule has 1 N–H and O–H groups in total. The number of carbonyl (C=O) groups is 1. The first kappa shape index (κ1) is 20.5. The Kier molecular flexibility index (Phi) is 7.72. The normalized spacial score (nSPS) is 12.1. The molecule has 0 saturated heterocycles. The second-order valence-electron chi connectivity index (χ2n) is 6.01. The molecule has 1 aromatic heterocycles. The lowest BCUT2D eigenvalue weighted by atomic mass is 10.2. The van der Waals surface area contributed by atoms with E-state index in [1.165, 1.54) is 11.8 Å². The first-order valence-electron chi connectivity index (χ1n) is 8.73. The van der Waals surface area contributed by atoms with Gasteiger partial charge in [0.25, 0.3) is 5.56 Å². The van der Waals surface area contributed by atoms with Crippen LogP contribution in [0.5, 0.6) is 0 Å². The number of aromatic nitrogens is 2. The van der Waals surface area contributed by atoms with Crippen molar-refractivity contribution in [3.05, 3.63) is 46.2 Å². The number of benzene rings is 1. The van der Waals surface area contributed by atoms with Crippen molar-refractivity contribution in [3.63, 3.8) is 0 Å². The second-order valence-corrected chi connectivity index (χ2v) is 7.76. The van der Waals surface area contributed by atoms with Gasteiger partial charge in [-0.25, -0.2) is 4.98 Å². The van der Waals surface area contributed by atoms with Crippen molar-refractivity contribution in [2.45, 2.75) is 50.1 Å². The lowest BCUT2D eigenvalue weighted by molar-refractivity contribution is -0.120. The molecule has 1 amide bonds. The fourth-order valence-electron chi connectivity index (χ4n) is 2.51. The number of hydrogen-bond acceptors (Lipinski definition) is 4. The molecule has 0 saturated carbocycles. The molecule has 0 fully saturated rings. The van der Waals surface area contributed by atoms with E-state index in [2.05, 4.69) is 23.8 Å². The Labute approximate surface area is 162 Å². The number of rotatable bonds is 9. The molecular weight excluding hydrogens is 370 g/mol. The molecule has 0 spiro atoms. The summed E-state index contributed by atoms with van der Waals surface area (Å²) in [6.45, 7) is 8.51. The van der Waals surface area contributed by atoms with Gasteiger partial charge in [0, 0.05) is 18.1 Å². The fraction of sp³-hybridized carbons (Fsp3) is 0.421. The molecule has 0 aliphatic heterocycles. The van der Waals surface area contributed by atoms with Crippen molar-refractivity contribution in [2.24, 2.45) is 0 Å². The molecule has 5 nitrogen and oxygen atoms in total. The van der Waals surface area contributed by atoms with Crippen molar-refractivity contribution < 1.29 is 4.79 Å². The standard InChI is InChI=1S/C19H24ClN3O2S/c1-4-6-7-11-23-18(25)15-9-8-14(20)12-16(15)22-19(23)26-13(3)17(24)21-10-5-2/h5,8-9,12-13H,2,4,6-7,10-11H2,1,3H3,(H,21,24)/t13-/m1/s1. The zero-order valence-electron chi connectivity index (χ0n) is 15.1. The summed E-state index contributed by atoms with van der Waals surface area (Å²) in [5, 5.41) is 4.01. The summed E-state index contributed by atoms with van der Waals surface area (Å²) in [7, 11) is 0. The molecule has 7 heteroatoms. The van der Waals surface area contributed by atoms with E-state index in [0.717, 1.165) is 19.3 Å². The average molecular weight is 394 g/mol. The maximum absolute atomic E-state index is 12.9. The molecule has 0 bridgehead atoms. The molecular formula is C19H24ClN3O2S. The number of nitrogens with one attached hydrogen (secondary N) is 1. The zero-order chi connectivity index (χ0) is 19.1. The van der Waals surface area contributed by atoms with E-state index in [1.54, 1.807) is 35.8 Å². The van der Waals surface area contributed by atoms with Gasteiger partial charge in [-0.3, -0.25) is 14.2 Å². The third kappa shape index (κ3) is 5.11.